The standard InChI is InChI=1S/C21H19N5O3/c1-14-3-7-16(8-4-14)26-20-18(11-23-26)21(28)25(13-22-20)24-19(27)12-29-17-9-5-15(2)6-10-17/h3-11,13H,12H2,1-2H3,(H,24,27). The summed E-state index contributed by atoms with van der Waals surface area (Å²) in [4.78, 5) is 29.1. The van der Waals surface area contributed by atoms with Crippen molar-refractivity contribution in [1.82, 2.24) is 19.4 Å². The molecule has 0 radical (unpaired) electrons. The predicted octanol–water partition coefficient (Wildman–Crippen LogP) is 2.35. The third-order valence-electron chi connectivity index (χ3n) is 4.40. The average molecular weight is 389 g/mol. The van der Waals surface area contributed by atoms with Gasteiger partial charge in [0.15, 0.2) is 12.3 Å². The average Bonchev–Trinajstić information content (AvgIpc) is 3.15. The van der Waals surface area contributed by atoms with Crippen molar-refractivity contribution in [3.8, 4) is 11.4 Å². The van der Waals surface area contributed by atoms with E-state index in [-0.39, 0.29) is 6.61 Å². The smallest absolute Gasteiger partial charge is 0.283 e. The van der Waals surface area contributed by atoms with Crippen LogP contribution in [0.5, 0.6) is 5.75 Å². The molecule has 8 heteroatoms. The zero-order chi connectivity index (χ0) is 20.4. The molecule has 0 saturated heterocycles. The first-order chi connectivity index (χ1) is 14.0. The van der Waals surface area contributed by atoms with Gasteiger partial charge in [0.05, 0.1) is 11.9 Å². The van der Waals surface area contributed by atoms with E-state index in [1.54, 1.807) is 16.8 Å². The van der Waals surface area contributed by atoms with Crippen molar-refractivity contribution >= 4 is 16.9 Å². The lowest BCUT2D eigenvalue weighted by molar-refractivity contribution is -0.119. The van der Waals surface area contributed by atoms with Crippen molar-refractivity contribution in [2.45, 2.75) is 13.8 Å². The molecule has 2 aromatic heterocycles. The van der Waals surface area contributed by atoms with Crippen LogP contribution in [0.25, 0.3) is 16.7 Å². The molecule has 0 aliphatic heterocycles. The Morgan fingerprint density at radius 2 is 1.69 bits per heavy atom. The van der Waals surface area contributed by atoms with Crippen LogP contribution >= 0.6 is 0 Å². The molecule has 0 atom stereocenters. The van der Waals surface area contributed by atoms with Crippen LogP contribution in [-0.4, -0.2) is 32.0 Å². The van der Waals surface area contributed by atoms with Gasteiger partial charge in [-0.15, -0.1) is 0 Å². The molecule has 0 aliphatic carbocycles. The fraction of sp³-hybridized carbons (Fsp3) is 0.143. The molecule has 4 aromatic rings. The van der Waals surface area contributed by atoms with E-state index in [2.05, 4.69) is 15.5 Å². The van der Waals surface area contributed by atoms with Crippen molar-refractivity contribution in [3.05, 3.63) is 82.5 Å². The number of amides is 1. The lowest BCUT2D eigenvalue weighted by Gasteiger charge is -2.09. The number of nitrogens with one attached hydrogen (secondary N) is 1. The maximum atomic E-state index is 12.7. The molecule has 0 saturated carbocycles. The number of hydrogen-bond donors (Lipinski definition) is 1. The van der Waals surface area contributed by atoms with Gasteiger partial charge < -0.3 is 4.74 Å². The topological polar surface area (TPSA) is 91.0 Å². The first kappa shape index (κ1) is 18.4. The molecule has 2 heterocycles. The van der Waals surface area contributed by atoms with Gasteiger partial charge in [0.2, 0.25) is 0 Å². The summed E-state index contributed by atoms with van der Waals surface area (Å²) in [7, 11) is 0. The van der Waals surface area contributed by atoms with Crippen LogP contribution in [0, 0.1) is 13.8 Å². The number of hydrogen-bond acceptors (Lipinski definition) is 5. The second-order valence-corrected chi connectivity index (χ2v) is 6.69. The zero-order valence-corrected chi connectivity index (χ0v) is 16.0. The first-order valence-corrected chi connectivity index (χ1v) is 9.03. The van der Waals surface area contributed by atoms with Crippen LogP contribution in [0.1, 0.15) is 11.1 Å². The monoisotopic (exact) mass is 389 g/mol. The number of nitrogens with zero attached hydrogens (tertiary/aromatic N) is 4. The number of aryl methyl sites for hydroxylation is 2. The van der Waals surface area contributed by atoms with Crippen LogP contribution in [0.4, 0.5) is 0 Å². The first-order valence-electron chi connectivity index (χ1n) is 9.03. The van der Waals surface area contributed by atoms with Gasteiger partial charge in [-0.3, -0.25) is 15.0 Å². The summed E-state index contributed by atoms with van der Waals surface area (Å²) in [6, 6.07) is 15.1. The fourth-order valence-corrected chi connectivity index (χ4v) is 2.82. The number of ether oxygens (including phenoxy) is 1. The Bertz CT molecular complexity index is 1220. The highest BCUT2D eigenvalue weighted by Crippen LogP contribution is 2.14. The summed E-state index contributed by atoms with van der Waals surface area (Å²) in [5.74, 6) is 0.103. The molecule has 0 fully saturated rings. The Morgan fingerprint density at radius 1 is 1.03 bits per heavy atom. The minimum Gasteiger partial charge on any atom is -0.484 e. The van der Waals surface area contributed by atoms with Crippen LogP contribution < -0.4 is 15.7 Å². The molecule has 1 amide bonds. The number of fused-ring (bicyclic) bond motifs is 1. The summed E-state index contributed by atoms with van der Waals surface area (Å²) >= 11 is 0. The van der Waals surface area contributed by atoms with Gasteiger partial charge in [-0.2, -0.15) is 5.10 Å². The molecule has 4 rings (SSSR count). The molecule has 146 valence electrons. The van der Waals surface area contributed by atoms with E-state index >= 15 is 0 Å². The number of carbonyl (C=O) groups is 1. The summed E-state index contributed by atoms with van der Waals surface area (Å²) in [5, 5.41) is 4.56. The fourth-order valence-electron chi connectivity index (χ4n) is 2.82. The van der Waals surface area contributed by atoms with Crippen molar-refractivity contribution in [2.75, 3.05) is 12.0 Å². The Labute approximate surface area is 166 Å². The van der Waals surface area contributed by atoms with E-state index in [9.17, 15) is 9.59 Å². The molecule has 0 aliphatic rings. The lowest BCUT2D eigenvalue weighted by Crippen LogP contribution is -2.35. The van der Waals surface area contributed by atoms with E-state index in [0.29, 0.717) is 16.8 Å². The molecule has 29 heavy (non-hydrogen) atoms. The van der Waals surface area contributed by atoms with Gasteiger partial charge >= 0.3 is 0 Å². The van der Waals surface area contributed by atoms with E-state index in [4.69, 9.17) is 4.74 Å². The maximum absolute atomic E-state index is 12.7. The molecule has 2 aromatic carbocycles. The molecule has 1 N–H and O–H groups in total. The van der Waals surface area contributed by atoms with E-state index < -0.39 is 11.5 Å². The summed E-state index contributed by atoms with van der Waals surface area (Å²) < 4.78 is 8.05. The van der Waals surface area contributed by atoms with E-state index in [0.717, 1.165) is 21.5 Å². The highest BCUT2D eigenvalue weighted by atomic mass is 16.5. The third-order valence-corrected chi connectivity index (χ3v) is 4.40. The number of carbonyl (C=O) groups excluding carboxylic acids is 1. The SMILES string of the molecule is Cc1ccc(OCC(=O)Nn2cnc3c(cnn3-c3ccc(C)cc3)c2=O)cc1. The lowest BCUT2D eigenvalue weighted by atomic mass is 10.2. The molecule has 8 nitrogen and oxygen atoms in total. The van der Waals surface area contributed by atoms with E-state index in [1.807, 2.05) is 50.2 Å². The van der Waals surface area contributed by atoms with Crippen LogP contribution in [0.15, 0.2) is 65.8 Å². The normalized spacial score (nSPS) is 10.8. The van der Waals surface area contributed by atoms with Crippen molar-refractivity contribution in [1.29, 1.82) is 0 Å². The van der Waals surface area contributed by atoms with Crippen LogP contribution in [-0.2, 0) is 4.79 Å². The minimum absolute atomic E-state index is 0.226. The number of aromatic nitrogens is 4. The molecular formula is C21H19N5O3. The van der Waals surface area contributed by atoms with Gasteiger partial charge in [0.1, 0.15) is 17.5 Å². The molecule has 0 unspecified atom stereocenters. The van der Waals surface area contributed by atoms with Gasteiger partial charge in [0, 0.05) is 0 Å². The second kappa shape index (κ2) is 7.59. The maximum Gasteiger partial charge on any atom is 0.283 e. The quantitative estimate of drug-likeness (QED) is 0.566. The Kier molecular flexibility index (Phi) is 4.82. The highest BCUT2D eigenvalue weighted by molar-refractivity contribution is 5.85. The Hall–Kier alpha value is -3.94. The van der Waals surface area contributed by atoms with Crippen LogP contribution in [0.3, 0.4) is 0 Å². The van der Waals surface area contributed by atoms with E-state index in [1.165, 1.54) is 12.5 Å². The van der Waals surface area contributed by atoms with Gasteiger partial charge in [-0.05, 0) is 38.1 Å². The highest BCUT2D eigenvalue weighted by Gasteiger charge is 2.13. The third kappa shape index (κ3) is 3.86. The van der Waals surface area contributed by atoms with Crippen LogP contribution in [0.2, 0.25) is 0 Å². The van der Waals surface area contributed by atoms with Gasteiger partial charge in [-0.25, -0.2) is 14.3 Å². The molecular weight excluding hydrogens is 370 g/mol. The number of rotatable bonds is 5. The Morgan fingerprint density at radius 3 is 2.38 bits per heavy atom. The predicted molar refractivity (Wildman–Crippen MR) is 109 cm³/mol. The minimum atomic E-state index is -0.472. The van der Waals surface area contributed by atoms with Crippen molar-refractivity contribution in [3.63, 3.8) is 0 Å². The summed E-state index contributed by atoms with van der Waals surface area (Å²) in [6.07, 6.45) is 2.71. The number of benzene rings is 2. The Balaban J connectivity index is 1.52. The molecule has 0 bridgehead atoms. The zero-order valence-electron chi connectivity index (χ0n) is 16.0. The summed E-state index contributed by atoms with van der Waals surface area (Å²) in [5.41, 5.74) is 5.49. The second-order valence-electron chi connectivity index (χ2n) is 6.69. The summed E-state index contributed by atoms with van der Waals surface area (Å²) in [6.45, 7) is 3.73. The van der Waals surface area contributed by atoms with Crippen molar-refractivity contribution in [2.24, 2.45) is 0 Å². The van der Waals surface area contributed by atoms with Crippen molar-refractivity contribution < 1.29 is 9.53 Å². The van der Waals surface area contributed by atoms with Gasteiger partial charge in [0.25, 0.3) is 11.5 Å². The van der Waals surface area contributed by atoms with Gasteiger partial charge in [-0.1, -0.05) is 35.4 Å². The largest absolute Gasteiger partial charge is 0.484 e. The molecule has 0 spiro atoms.